The molecule has 1 aromatic heterocycles. The molecule has 0 radical (unpaired) electrons. The fourth-order valence-electron chi connectivity index (χ4n) is 3.29. The highest BCUT2D eigenvalue weighted by Crippen LogP contribution is 2.20. The number of aryl methyl sites for hydroxylation is 1. The van der Waals surface area contributed by atoms with Gasteiger partial charge in [0, 0.05) is 58.2 Å². The van der Waals surface area contributed by atoms with Crippen LogP contribution in [0, 0.1) is 6.92 Å². The van der Waals surface area contributed by atoms with E-state index in [4.69, 9.17) is 9.47 Å². The van der Waals surface area contributed by atoms with Crippen molar-refractivity contribution in [3.8, 4) is 11.4 Å². The molecular formula is C25H33N5O2. The molecule has 3 aromatic rings. The second-order valence-corrected chi connectivity index (χ2v) is 7.53. The first kappa shape index (κ1) is 23.3. The molecule has 7 nitrogen and oxygen atoms in total. The monoisotopic (exact) mass is 435 g/mol. The standard InChI is InChI=1S/C25H33N5O2/c1-20-6-9-22(24(18-20)32-17-5-16-31-3)19-28-25(26-2)27-14-12-21-7-10-23(11-8-21)30-15-4-13-29-30/h4,6-11,13,15,18H,5,12,14,16-17,19H2,1-3H3,(H2,26,27,28). The predicted octanol–water partition coefficient (Wildman–Crippen LogP) is 3.50. The van der Waals surface area contributed by atoms with Gasteiger partial charge in [0.1, 0.15) is 5.75 Å². The normalized spacial score (nSPS) is 11.4. The van der Waals surface area contributed by atoms with Crippen LogP contribution in [-0.4, -0.2) is 49.7 Å². The fraction of sp³-hybridized carbons (Fsp3) is 0.360. The largest absolute Gasteiger partial charge is 0.493 e. The fourth-order valence-corrected chi connectivity index (χ4v) is 3.29. The van der Waals surface area contributed by atoms with E-state index in [0.29, 0.717) is 19.8 Å². The average molecular weight is 436 g/mol. The van der Waals surface area contributed by atoms with E-state index in [9.17, 15) is 0 Å². The maximum Gasteiger partial charge on any atom is 0.191 e. The minimum absolute atomic E-state index is 0.635. The van der Waals surface area contributed by atoms with E-state index in [1.165, 1.54) is 11.1 Å². The minimum Gasteiger partial charge on any atom is -0.493 e. The number of guanidine groups is 1. The molecule has 0 atom stereocenters. The van der Waals surface area contributed by atoms with E-state index < -0.39 is 0 Å². The van der Waals surface area contributed by atoms with Crippen molar-refractivity contribution in [2.75, 3.05) is 33.9 Å². The van der Waals surface area contributed by atoms with Gasteiger partial charge in [-0.15, -0.1) is 0 Å². The molecule has 0 amide bonds. The van der Waals surface area contributed by atoms with E-state index in [1.54, 1.807) is 20.4 Å². The number of nitrogens with zero attached hydrogens (tertiary/aromatic N) is 3. The first-order valence-corrected chi connectivity index (χ1v) is 10.9. The van der Waals surface area contributed by atoms with Crippen LogP contribution in [0.3, 0.4) is 0 Å². The molecule has 0 unspecified atom stereocenters. The molecular weight excluding hydrogens is 402 g/mol. The van der Waals surface area contributed by atoms with Crippen LogP contribution in [0.4, 0.5) is 0 Å². The second kappa shape index (κ2) is 12.5. The number of aromatic nitrogens is 2. The van der Waals surface area contributed by atoms with Gasteiger partial charge in [0.25, 0.3) is 0 Å². The smallest absolute Gasteiger partial charge is 0.191 e. The number of rotatable bonds is 11. The van der Waals surface area contributed by atoms with Crippen molar-refractivity contribution in [1.29, 1.82) is 0 Å². The molecule has 7 heteroatoms. The summed E-state index contributed by atoms with van der Waals surface area (Å²) < 4.78 is 12.9. The summed E-state index contributed by atoms with van der Waals surface area (Å²) in [6, 6.07) is 16.6. The quantitative estimate of drug-likeness (QED) is 0.274. The molecule has 0 aliphatic heterocycles. The number of nitrogens with one attached hydrogen (secondary N) is 2. The molecule has 0 aliphatic rings. The van der Waals surface area contributed by atoms with Crippen molar-refractivity contribution in [2.45, 2.75) is 26.3 Å². The zero-order valence-corrected chi connectivity index (χ0v) is 19.2. The van der Waals surface area contributed by atoms with Crippen LogP contribution >= 0.6 is 0 Å². The van der Waals surface area contributed by atoms with Crippen LogP contribution in [0.5, 0.6) is 5.75 Å². The van der Waals surface area contributed by atoms with Crippen LogP contribution < -0.4 is 15.4 Å². The molecule has 2 aromatic carbocycles. The van der Waals surface area contributed by atoms with Gasteiger partial charge >= 0.3 is 0 Å². The Morgan fingerprint density at radius 1 is 1.09 bits per heavy atom. The molecule has 32 heavy (non-hydrogen) atoms. The highest BCUT2D eigenvalue weighted by atomic mass is 16.5. The Labute approximate surface area is 190 Å². The lowest BCUT2D eigenvalue weighted by molar-refractivity contribution is 0.172. The molecule has 0 fully saturated rings. The molecule has 0 saturated carbocycles. The zero-order valence-electron chi connectivity index (χ0n) is 19.2. The Morgan fingerprint density at radius 3 is 2.66 bits per heavy atom. The molecule has 3 rings (SSSR count). The number of ether oxygens (including phenoxy) is 2. The summed E-state index contributed by atoms with van der Waals surface area (Å²) in [5.41, 5.74) is 4.60. The molecule has 170 valence electrons. The topological polar surface area (TPSA) is 72.7 Å². The van der Waals surface area contributed by atoms with Crippen molar-refractivity contribution < 1.29 is 9.47 Å². The second-order valence-electron chi connectivity index (χ2n) is 7.53. The summed E-state index contributed by atoms with van der Waals surface area (Å²) in [4.78, 5) is 4.34. The van der Waals surface area contributed by atoms with Crippen molar-refractivity contribution in [3.05, 3.63) is 77.6 Å². The highest BCUT2D eigenvalue weighted by Gasteiger charge is 2.06. The van der Waals surface area contributed by atoms with Gasteiger partial charge in [0.15, 0.2) is 5.96 Å². The Kier molecular flexibility index (Phi) is 9.13. The van der Waals surface area contributed by atoms with Crippen molar-refractivity contribution in [1.82, 2.24) is 20.4 Å². The number of hydrogen-bond acceptors (Lipinski definition) is 4. The number of methoxy groups -OCH3 is 1. The first-order chi connectivity index (χ1) is 15.7. The molecule has 0 saturated heterocycles. The van der Waals surface area contributed by atoms with Crippen LogP contribution in [0.25, 0.3) is 5.69 Å². The first-order valence-electron chi connectivity index (χ1n) is 10.9. The summed E-state index contributed by atoms with van der Waals surface area (Å²) in [5, 5.41) is 11.0. The zero-order chi connectivity index (χ0) is 22.6. The number of benzene rings is 2. The van der Waals surface area contributed by atoms with Crippen molar-refractivity contribution in [2.24, 2.45) is 4.99 Å². The third-order valence-electron chi connectivity index (χ3n) is 5.05. The Morgan fingerprint density at radius 2 is 1.94 bits per heavy atom. The van der Waals surface area contributed by atoms with Crippen LogP contribution in [0.2, 0.25) is 0 Å². The maximum atomic E-state index is 5.97. The third kappa shape index (κ3) is 7.13. The van der Waals surface area contributed by atoms with Gasteiger partial charge in [-0.25, -0.2) is 4.68 Å². The van der Waals surface area contributed by atoms with E-state index >= 15 is 0 Å². The molecule has 0 spiro atoms. The maximum absolute atomic E-state index is 5.97. The Balaban J connectivity index is 1.47. The van der Waals surface area contributed by atoms with Gasteiger partial charge in [0.05, 0.1) is 12.3 Å². The summed E-state index contributed by atoms with van der Waals surface area (Å²) >= 11 is 0. The lowest BCUT2D eigenvalue weighted by atomic mass is 10.1. The van der Waals surface area contributed by atoms with E-state index in [0.717, 1.165) is 42.3 Å². The Hall–Kier alpha value is -3.32. The molecule has 0 bridgehead atoms. The van der Waals surface area contributed by atoms with E-state index in [2.05, 4.69) is 70.1 Å². The minimum atomic E-state index is 0.635. The molecule has 0 aliphatic carbocycles. The van der Waals surface area contributed by atoms with Gasteiger partial charge in [-0.2, -0.15) is 5.10 Å². The number of aliphatic imine (C=N–C) groups is 1. The van der Waals surface area contributed by atoms with Crippen molar-refractivity contribution >= 4 is 5.96 Å². The SMILES string of the molecule is CN=C(NCCc1ccc(-n2cccn2)cc1)NCc1ccc(C)cc1OCCCOC. The van der Waals surface area contributed by atoms with Crippen LogP contribution in [-0.2, 0) is 17.7 Å². The highest BCUT2D eigenvalue weighted by molar-refractivity contribution is 5.79. The van der Waals surface area contributed by atoms with E-state index in [-0.39, 0.29) is 0 Å². The Bertz CT molecular complexity index is 969. The third-order valence-corrected chi connectivity index (χ3v) is 5.05. The summed E-state index contributed by atoms with van der Waals surface area (Å²) in [5.74, 6) is 1.67. The molecule has 2 N–H and O–H groups in total. The van der Waals surface area contributed by atoms with E-state index in [1.807, 2.05) is 16.9 Å². The van der Waals surface area contributed by atoms with Gasteiger partial charge in [-0.05, 0) is 48.7 Å². The van der Waals surface area contributed by atoms with Crippen LogP contribution in [0.15, 0.2) is 65.9 Å². The van der Waals surface area contributed by atoms with Crippen molar-refractivity contribution in [3.63, 3.8) is 0 Å². The summed E-state index contributed by atoms with van der Waals surface area (Å²) in [7, 11) is 3.49. The lowest BCUT2D eigenvalue weighted by Gasteiger charge is -2.15. The molecule has 1 heterocycles. The lowest BCUT2D eigenvalue weighted by Crippen LogP contribution is -2.37. The number of hydrogen-bond donors (Lipinski definition) is 2. The summed E-state index contributed by atoms with van der Waals surface area (Å²) in [6.07, 6.45) is 5.49. The average Bonchev–Trinajstić information content (AvgIpc) is 3.35. The summed E-state index contributed by atoms with van der Waals surface area (Å²) in [6.45, 7) is 4.83. The van der Waals surface area contributed by atoms with Crippen LogP contribution in [0.1, 0.15) is 23.1 Å². The van der Waals surface area contributed by atoms with Gasteiger partial charge in [0.2, 0.25) is 0 Å². The van der Waals surface area contributed by atoms with Gasteiger partial charge in [-0.1, -0.05) is 24.3 Å². The predicted molar refractivity (Wildman–Crippen MR) is 129 cm³/mol. The van der Waals surface area contributed by atoms with Gasteiger partial charge < -0.3 is 20.1 Å². The van der Waals surface area contributed by atoms with Gasteiger partial charge in [-0.3, -0.25) is 4.99 Å².